The fourth-order valence-corrected chi connectivity index (χ4v) is 2.65. The Morgan fingerprint density at radius 1 is 1.58 bits per heavy atom. The summed E-state index contributed by atoms with van der Waals surface area (Å²) in [5.41, 5.74) is 0.874. The Morgan fingerprint density at radius 2 is 2.32 bits per heavy atom. The molecule has 19 heavy (non-hydrogen) atoms. The zero-order valence-corrected chi connectivity index (χ0v) is 11.2. The van der Waals surface area contributed by atoms with Crippen LogP contribution in [0, 0.1) is 5.82 Å². The number of nitrogens with zero attached hydrogens (tertiary/aromatic N) is 1. The van der Waals surface area contributed by atoms with E-state index in [0.29, 0.717) is 24.2 Å². The van der Waals surface area contributed by atoms with Crippen molar-refractivity contribution in [2.75, 3.05) is 18.5 Å². The fourth-order valence-electron chi connectivity index (χ4n) is 2.65. The molecule has 2 unspecified atom stereocenters. The summed E-state index contributed by atoms with van der Waals surface area (Å²) in [5.74, 6) is -0.508. The molecule has 1 amide bonds. The predicted molar refractivity (Wildman–Crippen MR) is 71.5 cm³/mol. The number of amides is 1. The number of nitrogens with one attached hydrogen (secondary N) is 1. The van der Waals surface area contributed by atoms with E-state index in [9.17, 15) is 14.3 Å². The van der Waals surface area contributed by atoms with Crippen LogP contribution in [0.15, 0.2) is 18.2 Å². The van der Waals surface area contributed by atoms with Gasteiger partial charge in [0.05, 0.1) is 11.8 Å². The highest BCUT2D eigenvalue weighted by atomic mass is 19.1. The van der Waals surface area contributed by atoms with Gasteiger partial charge in [-0.25, -0.2) is 4.39 Å². The summed E-state index contributed by atoms with van der Waals surface area (Å²) >= 11 is 0. The maximum Gasteiger partial charge on any atom is 0.242 e. The van der Waals surface area contributed by atoms with Crippen molar-refractivity contribution in [3.63, 3.8) is 0 Å². The van der Waals surface area contributed by atoms with Crippen LogP contribution >= 0.6 is 0 Å². The molecule has 0 aromatic heterocycles. The minimum Gasteiger partial charge on any atom is -0.389 e. The number of carbonyl (C=O) groups excluding carboxylic acids is 1. The highest BCUT2D eigenvalue weighted by Crippen LogP contribution is 2.34. The van der Waals surface area contributed by atoms with E-state index in [-0.39, 0.29) is 11.9 Å². The van der Waals surface area contributed by atoms with Crippen LogP contribution in [0.4, 0.5) is 10.1 Å². The van der Waals surface area contributed by atoms with Crippen molar-refractivity contribution >= 4 is 11.6 Å². The molecule has 1 aromatic carbocycles. The van der Waals surface area contributed by atoms with Gasteiger partial charge >= 0.3 is 0 Å². The van der Waals surface area contributed by atoms with Crippen LogP contribution in [0.25, 0.3) is 0 Å². The van der Waals surface area contributed by atoms with Gasteiger partial charge in [-0.1, -0.05) is 12.1 Å². The molecule has 1 fully saturated rings. The maximum atomic E-state index is 14.1. The van der Waals surface area contributed by atoms with E-state index in [4.69, 9.17) is 0 Å². The average Bonchev–Trinajstić information content (AvgIpc) is 2.86. The highest BCUT2D eigenvalue weighted by molar-refractivity contribution is 5.86. The Bertz CT molecular complexity index is 477. The number of likely N-dealkylation sites (N-methyl/N-ethyl adjacent to an activating group) is 1. The third kappa shape index (κ3) is 2.56. The SMILES string of the molecule is CNC(=O)C1CCCN1c1c(F)cccc1C(C)O. The van der Waals surface area contributed by atoms with Gasteiger partial charge in [0.25, 0.3) is 0 Å². The molecule has 4 nitrogen and oxygen atoms in total. The first-order valence-corrected chi connectivity index (χ1v) is 6.51. The van der Waals surface area contributed by atoms with Crippen molar-refractivity contribution in [3.05, 3.63) is 29.6 Å². The average molecular weight is 266 g/mol. The summed E-state index contributed by atoms with van der Waals surface area (Å²) in [6, 6.07) is 4.27. The van der Waals surface area contributed by atoms with Crippen molar-refractivity contribution in [3.8, 4) is 0 Å². The lowest BCUT2D eigenvalue weighted by Crippen LogP contribution is -2.42. The molecule has 2 N–H and O–H groups in total. The second-order valence-electron chi connectivity index (χ2n) is 4.82. The number of aliphatic hydroxyl groups excluding tert-OH is 1. The lowest BCUT2D eigenvalue weighted by Gasteiger charge is -2.28. The molecule has 2 atom stereocenters. The molecule has 0 spiro atoms. The third-order valence-electron chi connectivity index (χ3n) is 3.56. The lowest BCUT2D eigenvalue weighted by atomic mass is 10.1. The molecule has 104 valence electrons. The largest absolute Gasteiger partial charge is 0.389 e. The van der Waals surface area contributed by atoms with Crippen molar-refractivity contribution in [1.82, 2.24) is 5.32 Å². The molecule has 1 aliphatic rings. The number of anilines is 1. The molecule has 1 aliphatic heterocycles. The van der Waals surface area contributed by atoms with Crippen LogP contribution in [0.1, 0.15) is 31.4 Å². The van der Waals surface area contributed by atoms with Crippen LogP contribution in [0.2, 0.25) is 0 Å². The van der Waals surface area contributed by atoms with Gasteiger partial charge in [0.2, 0.25) is 5.91 Å². The van der Waals surface area contributed by atoms with Crippen molar-refractivity contribution in [2.45, 2.75) is 31.9 Å². The van der Waals surface area contributed by atoms with Crippen molar-refractivity contribution < 1.29 is 14.3 Å². The van der Waals surface area contributed by atoms with E-state index in [2.05, 4.69) is 5.32 Å². The molecule has 1 saturated heterocycles. The van der Waals surface area contributed by atoms with Crippen LogP contribution in [0.5, 0.6) is 0 Å². The van der Waals surface area contributed by atoms with Gasteiger partial charge < -0.3 is 15.3 Å². The zero-order chi connectivity index (χ0) is 14.0. The Labute approximate surface area is 112 Å². The summed E-state index contributed by atoms with van der Waals surface area (Å²) in [6.07, 6.45) is 0.774. The standard InChI is InChI=1S/C14H19FN2O2/c1-9(18)10-5-3-6-11(15)13(10)17-8-4-7-12(17)14(19)16-2/h3,5-6,9,12,18H,4,7-8H2,1-2H3,(H,16,19). The Morgan fingerprint density at radius 3 is 2.95 bits per heavy atom. The molecule has 1 aromatic rings. The molecular formula is C14H19FN2O2. The number of halogens is 1. The minimum absolute atomic E-state index is 0.114. The number of carbonyl (C=O) groups is 1. The quantitative estimate of drug-likeness (QED) is 0.873. The third-order valence-corrected chi connectivity index (χ3v) is 3.56. The molecule has 0 bridgehead atoms. The first-order valence-electron chi connectivity index (χ1n) is 6.51. The molecule has 0 aliphatic carbocycles. The van der Waals surface area contributed by atoms with Crippen molar-refractivity contribution in [2.24, 2.45) is 0 Å². The minimum atomic E-state index is -0.767. The summed E-state index contributed by atoms with van der Waals surface area (Å²) in [7, 11) is 1.58. The van der Waals surface area contributed by atoms with Gasteiger partial charge in [0.1, 0.15) is 11.9 Å². The Balaban J connectivity index is 2.43. The van der Waals surface area contributed by atoms with Crippen LogP contribution in [-0.2, 0) is 4.79 Å². The van der Waals surface area contributed by atoms with E-state index in [1.54, 1.807) is 31.0 Å². The summed E-state index contributed by atoms with van der Waals surface area (Å²) in [6.45, 7) is 2.22. The highest BCUT2D eigenvalue weighted by Gasteiger charge is 2.33. The molecular weight excluding hydrogens is 247 g/mol. The number of aliphatic hydroxyl groups is 1. The van der Waals surface area contributed by atoms with E-state index in [0.717, 1.165) is 6.42 Å². The van der Waals surface area contributed by atoms with E-state index in [1.165, 1.54) is 6.07 Å². The molecule has 0 saturated carbocycles. The van der Waals surface area contributed by atoms with Gasteiger partial charge in [-0.3, -0.25) is 4.79 Å². The smallest absolute Gasteiger partial charge is 0.242 e. The second-order valence-corrected chi connectivity index (χ2v) is 4.82. The lowest BCUT2D eigenvalue weighted by molar-refractivity contribution is -0.121. The van der Waals surface area contributed by atoms with E-state index < -0.39 is 11.9 Å². The fraction of sp³-hybridized carbons (Fsp3) is 0.500. The van der Waals surface area contributed by atoms with Crippen LogP contribution < -0.4 is 10.2 Å². The number of para-hydroxylation sites is 1. The van der Waals surface area contributed by atoms with Gasteiger partial charge in [-0.2, -0.15) is 0 Å². The molecule has 0 radical (unpaired) electrons. The topological polar surface area (TPSA) is 52.6 Å². The summed E-state index contributed by atoms with van der Waals surface area (Å²) in [5, 5.41) is 12.4. The summed E-state index contributed by atoms with van der Waals surface area (Å²) in [4.78, 5) is 13.6. The zero-order valence-electron chi connectivity index (χ0n) is 11.2. The van der Waals surface area contributed by atoms with Crippen LogP contribution in [-0.4, -0.2) is 30.6 Å². The first kappa shape index (κ1) is 13.8. The number of hydrogen-bond donors (Lipinski definition) is 2. The van der Waals surface area contributed by atoms with Gasteiger partial charge in [-0.15, -0.1) is 0 Å². The van der Waals surface area contributed by atoms with Crippen molar-refractivity contribution in [1.29, 1.82) is 0 Å². The molecule has 2 rings (SSSR count). The second kappa shape index (κ2) is 5.57. The number of rotatable bonds is 3. The monoisotopic (exact) mass is 266 g/mol. The Hall–Kier alpha value is -1.62. The predicted octanol–water partition coefficient (Wildman–Crippen LogP) is 1.59. The molecule has 5 heteroatoms. The van der Waals surface area contributed by atoms with Gasteiger partial charge in [-0.05, 0) is 25.8 Å². The van der Waals surface area contributed by atoms with E-state index in [1.807, 2.05) is 0 Å². The Kier molecular flexibility index (Phi) is 4.04. The maximum absolute atomic E-state index is 14.1. The normalized spacial score (nSPS) is 20.4. The van der Waals surface area contributed by atoms with E-state index >= 15 is 0 Å². The number of benzene rings is 1. The number of hydrogen-bond acceptors (Lipinski definition) is 3. The summed E-state index contributed by atoms with van der Waals surface area (Å²) < 4.78 is 14.1. The van der Waals surface area contributed by atoms with Gasteiger partial charge in [0, 0.05) is 19.2 Å². The molecule has 1 heterocycles. The van der Waals surface area contributed by atoms with Gasteiger partial charge in [0.15, 0.2) is 0 Å². The van der Waals surface area contributed by atoms with Crippen LogP contribution in [0.3, 0.4) is 0 Å². The first-order chi connectivity index (χ1) is 9.06.